The maximum atomic E-state index is 10.9. The fourth-order valence-electron chi connectivity index (χ4n) is 4.45. The van der Waals surface area contributed by atoms with Crippen LogP contribution in [0.25, 0.3) is 0 Å². The predicted molar refractivity (Wildman–Crippen MR) is 107 cm³/mol. The van der Waals surface area contributed by atoms with Gasteiger partial charge in [-0.15, -0.1) is 0 Å². The van der Waals surface area contributed by atoms with Crippen molar-refractivity contribution in [1.29, 1.82) is 0 Å². The van der Waals surface area contributed by atoms with Gasteiger partial charge in [-0.1, -0.05) is 0 Å². The Balaban J connectivity index is 1.70. The van der Waals surface area contributed by atoms with Gasteiger partial charge in [0.05, 0.1) is 31.4 Å². The van der Waals surface area contributed by atoms with E-state index in [9.17, 15) is 30.6 Å². The third-order valence-corrected chi connectivity index (χ3v) is 6.40. The summed E-state index contributed by atoms with van der Waals surface area (Å²) in [6.45, 7) is -0.686. The second-order valence-electron chi connectivity index (χ2n) is 8.61. The molecular weight excluding hydrogens is 432 g/mol. The SMILES string of the molecule is CN[C@@H]1[C@@H](O)[C@@H](OC2C(N)CC(N)C(O[C@H]3O[C@H](CO)[C@@H](O)[C@H](O)C3N)C2O)OC[C@H]1O. The number of hydrogen-bond acceptors (Lipinski definition) is 14. The maximum Gasteiger partial charge on any atom is 0.185 e. The van der Waals surface area contributed by atoms with Gasteiger partial charge in [0.1, 0.15) is 42.7 Å². The summed E-state index contributed by atoms with van der Waals surface area (Å²) in [5.41, 5.74) is 18.2. The molecule has 14 atom stereocenters. The summed E-state index contributed by atoms with van der Waals surface area (Å²) in [6.07, 6.45) is -12.0. The first-order valence-corrected chi connectivity index (χ1v) is 10.6. The van der Waals surface area contributed by atoms with Crippen LogP contribution in [-0.2, 0) is 18.9 Å². The summed E-state index contributed by atoms with van der Waals surface area (Å²) >= 11 is 0. The Labute approximate surface area is 185 Å². The van der Waals surface area contributed by atoms with Crippen LogP contribution in [0, 0.1) is 0 Å². The minimum Gasteiger partial charge on any atom is -0.394 e. The molecule has 3 fully saturated rings. The lowest BCUT2D eigenvalue weighted by atomic mass is 9.84. The Morgan fingerprint density at radius 2 is 1.47 bits per heavy atom. The molecule has 3 aliphatic rings. The molecule has 0 aromatic rings. The molecule has 0 amide bonds. The summed E-state index contributed by atoms with van der Waals surface area (Å²) in [5, 5.41) is 63.6. The number of aliphatic hydroxyl groups excluding tert-OH is 6. The average Bonchev–Trinajstić information content (AvgIpc) is 2.75. The average molecular weight is 469 g/mol. The smallest absolute Gasteiger partial charge is 0.185 e. The van der Waals surface area contributed by atoms with Gasteiger partial charge in [-0.2, -0.15) is 0 Å². The van der Waals surface area contributed by atoms with E-state index in [0.29, 0.717) is 0 Å². The molecule has 32 heavy (non-hydrogen) atoms. The first-order chi connectivity index (χ1) is 15.1. The fraction of sp³-hybridized carbons (Fsp3) is 1.00. The lowest BCUT2D eigenvalue weighted by molar-refractivity contribution is -0.311. The van der Waals surface area contributed by atoms with Crippen molar-refractivity contribution in [1.82, 2.24) is 5.32 Å². The van der Waals surface area contributed by atoms with Crippen LogP contribution < -0.4 is 22.5 Å². The Morgan fingerprint density at radius 1 is 0.875 bits per heavy atom. The molecule has 0 spiro atoms. The zero-order chi connectivity index (χ0) is 23.7. The van der Waals surface area contributed by atoms with Crippen molar-refractivity contribution >= 4 is 0 Å². The predicted octanol–water partition coefficient (Wildman–Crippen LogP) is -6.39. The van der Waals surface area contributed by atoms with E-state index in [4.69, 9.17) is 36.1 Å². The first-order valence-electron chi connectivity index (χ1n) is 10.6. The molecule has 1 aliphatic carbocycles. The number of nitrogens with one attached hydrogen (secondary N) is 1. The largest absolute Gasteiger partial charge is 0.394 e. The zero-order valence-corrected chi connectivity index (χ0v) is 17.8. The van der Waals surface area contributed by atoms with Gasteiger partial charge in [0.2, 0.25) is 0 Å². The number of ether oxygens (including phenoxy) is 4. The molecular formula is C18H36N4O10. The van der Waals surface area contributed by atoms with Crippen molar-refractivity contribution in [2.45, 2.75) is 92.0 Å². The molecule has 2 heterocycles. The minimum absolute atomic E-state index is 0.0989. The van der Waals surface area contributed by atoms with Crippen LogP contribution in [0.2, 0.25) is 0 Å². The van der Waals surface area contributed by atoms with Crippen molar-refractivity contribution in [3.05, 3.63) is 0 Å². The van der Waals surface area contributed by atoms with Crippen LogP contribution in [0.4, 0.5) is 0 Å². The van der Waals surface area contributed by atoms with E-state index in [-0.39, 0.29) is 13.0 Å². The van der Waals surface area contributed by atoms with E-state index in [2.05, 4.69) is 5.32 Å². The Morgan fingerprint density at radius 3 is 2.03 bits per heavy atom. The summed E-state index contributed by atoms with van der Waals surface area (Å²) in [4.78, 5) is 0. The monoisotopic (exact) mass is 468 g/mol. The molecule has 2 saturated heterocycles. The highest BCUT2D eigenvalue weighted by Crippen LogP contribution is 2.30. The molecule has 0 radical (unpaired) electrons. The van der Waals surface area contributed by atoms with Crippen LogP contribution >= 0.6 is 0 Å². The highest BCUT2D eigenvalue weighted by Gasteiger charge is 2.50. The van der Waals surface area contributed by atoms with Crippen molar-refractivity contribution < 1.29 is 49.6 Å². The Kier molecular flexibility index (Phi) is 8.79. The normalized spacial score (nSPS) is 52.7. The second kappa shape index (κ2) is 10.8. The van der Waals surface area contributed by atoms with Crippen molar-refractivity contribution in [3.63, 3.8) is 0 Å². The molecule has 2 aliphatic heterocycles. The Hall–Kier alpha value is -0.560. The van der Waals surface area contributed by atoms with Gasteiger partial charge < -0.3 is 72.1 Å². The molecule has 0 aromatic carbocycles. The van der Waals surface area contributed by atoms with E-state index >= 15 is 0 Å². The van der Waals surface area contributed by atoms with Gasteiger partial charge in [-0.05, 0) is 13.5 Å². The summed E-state index contributed by atoms with van der Waals surface area (Å²) in [7, 11) is 1.57. The maximum absolute atomic E-state index is 10.9. The summed E-state index contributed by atoms with van der Waals surface area (Å²) in [6, 6.07) is -3.37. The van der Waals surface area contributed by atoms with Gasteiger partial charge >= 0.3 is 0 Å². The first kappa shape index (κ1) is 26.1. The fourth-order valence-corrected chi connectivity index (χ4v) is 4.45. The van der Waals surface area contributed by atoms with E-state index < -0.39 is 92.2 Å². The van der Waals surface area contributed by atoms with Crippen LogP contribution in [0.3, 0.4) is 0 Å². The molecule has 188 valence electrons. The van der Waals surface area contributed by atoms with Gasteiger partial charge in [0, 0.05) is 12.1 Å². The topological polar surface area (TPSA) is 248 Å². The van der Waals surface area contributed by atoms with Gasteiger partial charge in [0.25, 0.3) is 0 Å². The number of likely N-dealkylation sites (N-methyl/N-ethyl adjacent to an activating group) is 1. The van der Waals surface area contributed by atoms with E-state index in [1.165, 1.54) is 0 Å². The molecule has 6 unspecified atom stereocenters. The van der Waals surface area contributed by atoms with Crippen molar-refractivity contribution in [2.24, 2.45) is 17.2 Å². The van der Waals surface area contributed by atoms with Crippen molar-refractivity contribution in [2.75, 3.05) is 20.3 Å². The third-order valence-electron chi connectivity index (χ3n) is 6.40. The number of rotatable bonds is 6. The lowest BCUT2D eigenvalue weighted by Crippen LogP contribution is -2.68. The number of hydrogen-bond donors (Lipinski definition) is 10. The van der Waals surface area contributed by atoms with E-state index in [1.807, 2.05) is 0 Å². The van der Waals surface area contributed by atoms with Gasteiger partial charge in [-0.3, -0.25) is 0 Å². The molecule has 14 nitrogen and oxygen atoms in total. The van der Waals surface area contributed by atoms with Crippen LogP contribution in [-0.4, -0.2) is 136 Å². The molecule has 0 aromatic heterocycles. The number of aliphatic hydroxyl groups is 6. The second-order valence-corrected chi connectivity index (χ2v) is 8.61. The molecule has 0 bridgehead atoms. The van der Waals surface area contributed by atoms with Crippen molar-refractivity contribution in [3.8, 4) is 0 Å². The third kappa shape index (κ3) is 5.08. The van der Waals surface area contributed by atoms with Crippen LogP contribution in [0.5, 0.6) is 0 Å². The summed E-state index contributed by atoms with van der Waals surface area (Å²) in [5.74, 6) is 0. The Bertz CT molecular complexity index is 606. The minimum atomic E-state index is -1.44. The molecule has 13 N–H and O–H groups in total. The zero-order valence-electron chi connectivity index (χ0n) is 17.8. The lowest BCUT2D eigenvalue weighted by Gasteiger charge is -2.47. The van der Waals surface area contributed by atoms with Crippen LogP contribution in [0.15, 0.2) is 0 Å². The van der Waals surface area contributed by atoms with E-state index in [1.54, 1.807) is 7.05 Å². The van der Waals surface area contributed by atoms with Gasteiger partial charge in [-0.25, -0.2) is 0 Å². The number of nitrogens with two attached hydrogens (primary N) is 3. The van der Waals surface area contributed by atoms with E-state index in [0.717, 1.165) is 0 Å². The molecule has 1 saturated carbocycles. The standard InChI is InChI=1S/C18H36N4O10/c1-22-10-7(24)4-29-18(13(10)27)32-16-6(20)2-5(19)15(14(16)28)31-17-9(21)12(26)11(25)8(3-23)30-17/h5-18,22-28H,2-4,19-21H2,1H3/t5?,6?,7-,8-,9?,10+,11-,12-,13-,14?,15?,16?,17-,18-/m1/s1. The highest BCUT2D eigenvalue weighted by molar-refractivity contribution is 5.01. The molecule has 14 heteroatoms. The van der Waals surface area contributed by atoms with Gasteiger partial charge in [0.15, 0.2) is 12.6 Å². The highest BCUT2D eigenvalue weighted by atomic mass is 16.7. The van der Waals surface area contributed by atoms with Crippen LogP contribution in [0.1, 0.15) is 6.42 Å². The summed E-state index contributed by atoms with van der Waals surface area (Å²) < 4.78 is 22.4. The molecule has 3 rings (SSSR count). The quantitative estimate of drug-likeness (QED) is 0.174.